The Balaban J connectivity index is 2.49. The van der Waals surface area contributed by atoms with Gasteiger partial charge in [-0.3, -0.25) is 0 Å². The van der Waals surface area contributed by atoms with Crippen molar-refractivity contribution in [1.29, 1.82) is 0 Å². The van der Waals surface area contributed by atoms with Crippen LogP contribution in [0.3, 0.4) is 0 Å². The molecule has 1 aromatic heterocycles. The van der Waals surface area contributed by atoms with E-state index in [-0.39, 0.29) is 5.54 Å². The standard InChI is InChI=1S/C15H28N2O/c1-6-7-9-17(5)12-13-8-10-18-14(13)11-16-15(2,3)4/h8,10,16H,6-7,9,11-12H2,1-5H3. The molecule has 1 rings (SSSR count). The van der Waals surface area contributed by atoms with Crippen molar-refractivity contribution >= 4 is 0 Å². The molecule has 104 valence electrons. The SMILES string of the molecule is CCCCN(C)Cc1ccoc1CNC(C)(C)C. The summed E-state index contributed by atoms with van der Waals surface area (Å²) in [7, 11) is 2.17. The van der Waals surface area contributed by atoms with Crippen molar-refractivity contribution in [2.24, 2.45) is 0 Å². The molecule has 1 aromatic rings. The molecule has 1 heterocycles. The Bertz CT molecular complexity index is 339. The Labute approximate surface area is 112 Å². The lowest BCUT2D eigenvalue weighted by Crippen LogP contribution is -2.35. The lowest BCUT2D eigenvalue weighted by atomic mass is 10.1. The fourth-order valence-electron chi connectivity index (χ4n) is 1.81. The molecule has 0 aliphatic heterocycles. The third-order valence-corrected chi connectivity index (χ3v) is 2.95. The van der Waals surface area contributed by atoms with Gasteiger partial charge in [-0.2, -0.15) is 0 Å². The first kappa shape index (κ1) is 15.3. The van der Waals surface area contributed by atoms with Gasteiger partial charge in [0.05, 0.1) is 12.8 Å². The average molecular weight is 252 g/mol. The van der Waals surface area contributed by atoms with Crippen LogP contribution in [-0.4, -0.2) is 24.0 Å². The normalized spacial score (nSPS) is 12.3. The maximum Gasteiger partial charge on any atom is 0.122 e. The van der Waals surface area contributed by atoms with Gasteiger partial charge in [-0.05, 0) is 46.9 Å². The fourth-order valence-corrected chi connectivity index (χ4v) is 1.81. The molecule has 0 atom stereocenters. The number of nitrogens with zero attached hydrogens (tertiary/aromatic N) is 1. The highest BCUT2D eigenvalue weighted by atomic mass is 16.3. The van der Waals surface area contributed by atoms with Crippen LogP contribution in [0.4, 0.5) is 0 Å². The zero-order valence-corrected chi connectivity index (χ0v) is 12.5. The molecule has 0 bridgehead atoms. The summed E-state index contributed by atoms with van der Waals surface area (Å²) in [4.78, 5) is 2.36. The predicted octanol–water partition coefficient (Wildman–Crippen LogP) is 3.40. The monoisotopic (exact) mass is 252 g/mol. The van der Waals surface area contributed by atoms with E-state index in [1.54, 1.807) is 6.26 Å². The van der Waals surface area contributed by atoms with Crippen LogP contribution in [0.15, 0.2) is 16.7 Å². The molecule has 0 aromatic carbocycles. The Morgan fingerprint density at radius 2 is 2.06 bits per heavy atom. The van der Waals surface area contributed by atoms with Crippen LogP contribution in [-0.2, 0) is 13.1 Å². The molecule has 0 aliphatic rings. The number of nitrogens with one attached hydrogen (secondary N) is 1. The summed E-state index contributed by atoms with van der Waals surface area (Å²) in [5.41, 5.74) is 1.42. The van der Waals surface area contributed by atoms with Crippen molar-refractivity contribution < 1.29 is 4.42 Å². The van der Waals surface area contributed by atoms with Crippen molar-refractivity contribution in [2.75, 3.05) is 13.6 Å². The first-order valence-corrected chi connectivity index (χ1v) is 6.91. The fraction of sp³-hybridized carbons (Fsp3) is 0.733. The minimum Gasteiger partial charge on any atom is -0.468 e. The van der Waals surface area contributed by atoms with Crippen LogP contribution in [0.5, 0.6) is 0 Å². The minimum atomic E-state index is 0.123. The molecule has 0 unspecified atom stereocenters. The van der Waals surface area contributed by atoms with Gasteiger partial charge < -0.3 is 14.6 Å². The van der Waals surface area contributed by atoms with E-state index in [2.05, 4.69) is 51.0 Å². The van der Waals surface area contributed by atoms with Gasteiger partial charge in [0.25, 0.3) is 0 Å². The molecule has 0 spiro atoms. The Morgan fingerprint density at radius 3 is 2.67 bits per heavy atom. The molecule has 3 nitrogen and oxygen atoms in total. The number of furan rings is 1. The second kappa shape index (κ2) is 6.95. The topological polar surface area (TPSA) is 28.4 Å². The minimum absolute atomic E-state index is 0.123. The van der Waals surface area contributed by atoms with Crippen LogP contribution in [0.2, 0.25) is 0 Å². The highest BCUT2D eigenvalue weighted by Gasteiger charge is 2.13. The molecule has 0 fully saturated rings. The van der Waals surface area contributed by atoms with E-state index in [4.69, 9.17) is 4.42 Å². The molecule has 1 N–H and O–H groups in total. The summed E-state index contributed by atoms with van der Waals surface area (Å²) in [5, 5.41) is 3.47. The molecule has 0 radical (unpaired) electrons. The highest BCUT2D eigenvalue weighted by Crippen LogP contribution is 2.14. The Hall–Kier alpha value is -0.800. The van der Waals surface area contributed by atoms with Gasteiger partial charge in [-0.15, -0.1) is 0 Å². The molecule has 18 heavy (non-hydrogen) atoms. The number of rotatable bonds is 7. The van der Waals surface area contributed by atoms with E-state index in [0.29, 0.717) is 0 Å². The maximum absolute atomic E-state index is 5.58. The number of hydrogen-bond acceptors (Lipinski definition) is 3. The largest absolute Gasteiger partial charge is 0.468 e. The van der Waals surface area contributed by atoms with Gasteiger partial charge in [0.15, 0.2) is 0 Å². The quantitative estimate of drug-likeness (QED) is 0.806. The van der Waals surface area contributed by atoms with Crippen LogP contribution < -0.4 is 5.32 Å². The van der Waals surface area contributed by atoms with Gasteiger partial charge in [-0.1, -0.05) is 13.3 Å². The van der Waals surface area contributed by atoms with Gasteiger partial charge in [0.1, 0.15) is 5.76 Å². The second-order valence-corrected chi connectivity index (χ2v) is 6.06. The third-order valence-electron chi connectivity index (χ3n) is 2.95. The number of unbranched alkanes of at least 4 members (excludes halogenated alkanes) is 1. The first-order chi connectivity index (χ1) is 8.42. The zero-order valence-electron chi connectivity index (χ0n) is 12.5. The van der Waals surface area contributed by atoms with E-state index < -0.39 is 0 Å². The van der Waals surface area contributed by atoms with Gasteiger partial charge >= 0.3 is 0 Å². The molecule has 0 saturated heterocycles. The Kier molecular flexibility index (Phi) is 5.89. The molecular formula is C15H28N2O. The van der Waals surface area contributed by atoms with Crippen molar-refractivity contribution in [1.82, 2.24) is 10.2 Å². The van der Waals surface area contributed by atoms with Crippen LogP contribution in [0.25, 0.3) is 0 Å². The van der Waals surface area contributed by atoms with Crippen LogP contribution >= 0.6 is 0 Å². The smallest absolute Gasteiger partial charge is 0.122 e. The van der Waals surface area contributed by atoms with Crippen LogP contribution in [0.1, 0.15) is 51.9 Å². The van der Waals surface area contributed by atoms with E-state index >= 15 is 0 Å². The molecular weight excluding hydrogens is 224 g/mol. The van der Waals surface area contributed by atoms with Gasteiger partial charge in [0.2, 0.25) is 0 Å². The zero-order chi connectivity index (χ0) is 13.6. The first-order valence-electron chi connectivity index (χ1n) is 6.91. The van der Waals surface area contributed by atoms with Crippen molar-refractivity contribution in [3.63, 3.8) is 0 Å². The van der Waals surface area contributed by atoms with Crippen LogP contribution in [0, 0.1) is 0 Å². The molecule has 0 amide bonds. The second-order valence-electron chi connectivity index (χ2n) is 6.06. The van der Waals surface area contributed by atoms with Crippen molar-refractivity contribution in [2.45, 2.75) is 59.2 Å². The summed E-state index contributed by atoms with van der Waals surface area (Å²) in [6.07, 6.45) is 4.29. The van der Waals surface area contributed by atoms with E-state index in [1.807, 2.05) is 0 Å². The van der Waals surface area contributed by atoms with Gasteiger partial charge in [-0.25, -0.2) is 0 Å². The summed E-state index contributed by atoms with van der Waals surface area (Å²) >= 11 is 0. The lowest BCUT2D eigenvalue weighted by molar-refractivity contribution is 0.314. The third kappa shape index (κ3) is 5.69. The van der Waals surface area contributed by atoms with E-state index in [0.717, 1.165) is 25.4 Å². The van der Waals surface area contributed by atoms with E-state index in [9.17, 15) is 0 Å². The van der Waals surface area contributed by atoms with E-state index in [1.165, 1.54) is 18.4 Å². The predicted molar refractivity (Wildman–Crippen MR) is 76.5 cm³/mol. The van der Waals surface area contributed by atoms with Crippen molar-refractivity contribution in [3.8, 4) is 0 Å². The maximum atomic E-state index is 5.58. The summed E-state index contributed by atoms with van der Waals surface area (Å²) in [5.74, 6) is 1.06. The summed E-state index contributed by atoms with van der Waals surface area (Å²) < 4.78 is 5.58. The highest BCUT2D eigenvalue weighted by molar-refractivity contribution is 5.17. The number of hydrogen-bond donors (Lipinski definition) is 1. The Morgan fingerprint density at radius 1 is 1.33 bits per heavy atom. The summed E-state index contributed by atoms with van der Waals surface area (Å²) in [6.45, 7) is 11.7. The van der Waals surface area contributed by atoms with Gasteiger partial charge in [0, 0.05) is 17.6 Å². The lowest BCUT2D eigenvalue weighted by Gasteiger charge is -2.21. The van der Waals surface area contributed by atoms with Crippen molar-refractivity contribution in [3.05, 3.63) is 23.7 Å². The summed E-state index contributed by atoms with van der Waals surface area (Å²) in [6, 6.07) is 2.09. The average Bonchev–Trinajstić information content (AvgIpc) is 2.70. The molecule has 3 heteroatoms. The molecule has 0 aliphatic carbocycles. The molecule has 0 saturated carbocycles.